The number of allylic oxidation sites excluding steroid dienone is 1. The Kier molecular flexibility index (Phi) is 10.6. The van der Waals surface area contributed by atoms with Crippen LogP contribution in [0.5, 0.6) is 0 Å². The maximum Gasteiger partial charge on any atom is 0.419 e. The van der Waals surface area contributed by atoms with Crippen molar-refractivity contribution in [2.75, 3.05) is 32.6 Å². The highest BCUT2D eigenvalue weighted by Gasteiger charge is 2.41. The number of nitrogens with one attached hydrogen (secondary N) is 2. The Labute approximate surface area is 267 Å². The minimum atomic E-state index is -4.84. The summed E-state index contributed by atoms with van der Waals surface area (Å²) in [6, 6.07) is 4.18. The van der Waals surface area contributed by atoms with Gasteiger partial charge in [0.2, 0.25) is 5.91 Å². The number of hydrazine groups is 1. The lowest BCUT2D eigenvalue weighted by Crippen LogP contribution is -2.59. The van der Waals surface area contributed by atoms with Crippen LogP contribution in [0, 0.1) is 0 Å². The number of fused-ring (bicyclic) bond motifs is 1. The SMILES string of the molecule is CCC(=O)N[C@@H]1C[C@H](NN2C=C(C(F)(F)F)C(c3cn(COCC[Si](C)(C)C)c4c(S(C)(=O)=O)cccc34)=NC2)CN(C(=O)O)C1. The number of hydrogen-bond donors (Lipinski definition) is 3. The van der Waals surface area contributed by atoms with Gasteiger partial charge in [-0.3, -0.25) is 14.8 Å². The number of rotatable bonds is 11. The number of benzene rings is 1. The summed E-state index contributed by atoms with van der Waals surface area (Å²) in [6.45, 7) is 8.40. The summed E-state index contributed by atoms with van der Waals surface area (Å²) in [5.41, 5.74) is 1.87. The molecule has 46 heavy (non-hydrogen) atoms. The third-order valence-electron chi connectivity index (χ3n) is 7.73. The number of carbonyl (C=O) groups excluding carboxylic acids is 1. The van der Waals surface area contributed by atoms with Gasteiger partial charge in [0.1, 0.15) is 13.4 Å². The van der Waals surface area contributed by atoms with Crippen molar-refractivity contribution < 1.29 is 41.0 Å². The summed E-state index contributed by atoms with van der Waals surface area (Å²) in [5, 5.41) is 13.8. The molecule has 254 valence electrons. The van der Waals surface area contributed by atoms with Crippen LogP contribution in [0.1, 0.15) is 25.3 Å². The van der Waals surface area contributed by atoms with Crippen molar-refractivity contribution in [2.24, 2.45) is 4.99 Å². The third-order valence-corrected chi connectivity index (χ3v) is 10.6. The number of alkyl halides is 3. The highest BCUT2D eigenvalue weighted by Crippen LogP contribution is 2.36. The van der Waals surface area contributed by atoms with Crippen LogP contribution < -0.4 is 10.7 Å². The highest BCUT2D eigenvalue weighted by molar-refractivity contribution is 7.91. The fraction of sp³-hybridized carbons (Fsp3) is 0.552. The van der Waals surface area contributed by atoms with Crippen molar-refractivity contribution in [2.45, 2.75) is 75.3 Å². The van der Waals surface area contributed by atoms with E-state index in [0.29, 0.717) is 6.61 Å². The lowest BCUT2D eigenvalue weighted by molar-refractivity contribution is -0.122. The van der Waals surface area contributed by atoms with Crippen LogP contribution in [-0.2, 0) is 26.1 Å². The van der Waals surface area contributed by atoms with E-state index >= 15 is 0 Å². The van der Waals surface area contributed by atoms with E-state index in [4.69, 9.17) is 4.74 Å². The average molecular weight is 687 g/mol. The number of halogens is 3. The van der Waals surface area contributed by atoms with Crippen molar-refractivity contribution in [3.63, 3.8) is 0 Å². The molecule has 2 aliphatic heterocycles. The number of carboxylic acid groups (broad SMARTS) is 1. The van der Waals surface area contributed by atoms with E-state index in [0.717, 1.165) is 28.4 Å². The normalized spacial score (nSPS) is 19.7. The molecule has 1 aromatic heterocycles. The van der Waals surface area contributed by atoms with Crippen LogP contribution >= 0.6 is 0 Å². The number of sulfone groups is 1. The van der Waals surface area contributed by atoms with Crippen molar-refractivity contribution in [3.05, 3.63) is 41.7 Å². The van der Waals surface area contributed by atoms with Crippen LogP contribution in [0.3, 0.4) is 0 Å². The minimum absolute atomic E-state index is 0.00441. The molecular weight excluding hydrogens is 646 g/mol. The molecule has 2 amide bonds. The van der Waals surface area contributed by atoms with Gasteiger partial charge in [-0.2, -0.15) is 13.2 Å². The molecular formula is C29H41F3N6O6SSi. The predicted octanol–water partition coefficient (Wildman–Crippen LogP) is 4.02. The Morgan fingerprint density at radius 2 is 1.87 bits per heavy atom. The number of ether oxygens (including phenoxy) is 1. The third kappa shape index (κ3) is 8.68. The van der Waals surface area contributed by atoms with Crippen LogP contribution in [0.4, 0.5) is 18.0 Å². The molecule has 0 spiro atoms. The standard InChI is InChI=1S/C29H41F3N6O6SSi/c1-6-25(39)34-19-12-20(14-36(13-19)28(40)41)35-38-16-23(29(30,31)32)26(33-17-38)22-15-37(18-44-10-11-46(3,4)5)27-21(22)8-7-9-24(27)45(2,42)43/h7-9,15-16,19-20,35H,6,10-14,17-18H2,1-5H3,(H,34,39)(H,40,41)/t19-,20+/m1/s1. The summed E-state index contributed by atoms with van der Waals surface area (Å²) in [4.78, 5) is 29.1. The van der Waals surface area contributed by atoms with E-state index in [9.17, 15) is 36.3 Å². The number of hydrogen-bond acceptors (Lipinski definition) is 8. The molecule has 2 atom stereocenters. The fourth-order valence-electron chi connectivity index (χ4n) is 5.48. The molecule has 0 saturated carbocycles. The predicted molar refractivity (Wildman–Crippen MR) is 170 cm³/mol. The van der Waals surface area contributed by atoms with Crippen molar-refractivity contribution in [3.8, 4) is 0 Å². The van der Waals surface area contributed by atoms with Gasteiger partial charge in [0.05, 0.1) is 21.7 Å². The van der Waals surface area contributed by atoms with Crippen molar-refractivity contribution in [1.29, 1.82) is 0 Å². The molecule has 17 heteroatoms. The summed E-state index contributed by atoms with van der Waals surface area (Å²) in [6.07, 6.45) is -2.18. The molecule has 1 saturated heterocycles. The van der Waals surface area contributed by atoms with Gasteiger partial charge >= 0.3 is 12.3 Å². The van der Waals surface area contributed by atoms with Gasteiger partial charge in [-0.25, -0.2) is 18.6 Å². The average Bonchev–Trinajstić information content (AvgIpc) is 3.32. The fourth-order valence-corrected chi connectivity index (χ4v) is 7.14. The summed E-state index contributed by atoms with van der Waals surface area (Å²) in [5.74, 6) is -0.262. The molecule has 12 nitrogen and oxygen atoms in total. The summed E-state index contributed by atoms with van der Waals surface area (Å²) < 4.78 is 76.7. The smallest absolute Gasteiger partial charge is 0.419 e. The van der Waals surface area contributed by atoms with Gasteiger partial charge in [-0.05, 0) is 18.5 Å². The molecule has 4 rings (SSSR count). The second-order valence-electron chi connectivity index (χ2n) is 12.8. The van der Waals surface area contributed by atoms with E-state index in [2.05, 4.69) is 35.4 Å². The molecule has 0 bridgehead atoms. The number of carbonyl (C=O) groups is 2. The van der Waals surface area contributed by atoms with Crippen molar-refractivity contribution in [1.82, 2.24) is 25.2 Å². The Morgan fingerprint density at radius 1 is 1.17 bits per heavy atom. The number of amides is 2. The summed E-state index contributed by atoms with van der Waals surface area (Å²) >= 11 is 0. The monoisotopic (exact) mass is 686 g/mol. The maximum atomic E-state index is 14.6. The van der Waals surface area contributed by atoms with Gasteiger partial charge in [-0.1, -0.05) is 38.7 Å². The minimum Gasteiger partial charge on any atom is -0.465 e. The summed E-state index contributed by atoms with van der Waals surface area (Å²) in [7, 11) is -5.18. The molecule has 0 aliphatic carbocycles. The molecule has 3 N–H and O–H groups in total. The Hall–Kier alpha value is -3.41. The quantitative estimate of drug-likeness (QED) is 0.238. The van der Waals surface area contributed by atoms with Crippen LogP contribution in [0.15, 0.2) is 46.1 Å². The van der Waals surface area contributed by atoms with Crippen LogP contribution in [0.2, 0.25) is 25.7 Å². The zero-order chi connectivity index (χ0) is 34.0. The molecule has 2 aromatic rings. The number of para-hydroxylation sites is 1. The molecule has 1 aromatic carbocycles. The number of piperidine rings is 1. The van der Waals surface area contributed by atoms with Gasteiger partial charge in [0, 0.05) is 75.9 Å². The maximum absolute atomic E-state index is 14.6. The second-order valence-corrected chi connectivity index (χ2v) is 20.4. The van der Waals surface area contributed by atoms with Gasteiger partial charge in [-0.15, -0.1) is 0 Å². The molecule has 0 radical (unpaired) electrons. The zero-order valence-corrected chi connectivity index (χ0v) is 28.3. The topological polar surface area (TPSA) is 146 Å². The van der Waals surface area contributed by atoms with Crippen LogP contribution in [-0.4, -0.2) is 105 Å². The number of nitrogens with zero attached hydrogens (tertiary/aromatic N) is 4. The van der Waals surface area contributed by atoms with E-state index < -0.39 is 47.8 Å². The van der Waals surface area contributed by atoms with Crippen molar-refractivity contribution >= 4 is 46.5 Å². The van der Waals surface area contributed by atoms with E-state index in [1.54, 1.807) is 13.0 Å². The Bertz CT molecular complexity index is 1640. The lowest BCUT2D eigenvalue weighted by Gasteiger charge is -2.39. The van der Waals surface area contributed by atoms with E-state index in [-0.39, 0.29) is 72.3 Å². The van der Waals surface area contributed by atoms with E-state index in [1.807, 2.05) is 0 Å². The first-order valence-electron chi connectivity index (χ1n) is 14.9. The van der Waals surface area contributed by atoms with E-state index in [1.165, 1.54) is 22.9 Å². The highest BCUT2D eigenvalue weighted by atomic mass is 32.2. The largest absolute Gasteiger partial charge is 0.465 e. The first kappa shape index (κ1) is 35.4. The Balaban J connectivity index is 1.67. The first-order chi connectivity index (χ1) is 21.4. The number of aromatic nitrogens is 1. The van der Waals surface area contributed by atoms with Gasteiger partial charge in [0.25, 0.3) is 0 Å². The first-order valence-corrected chi connectivity index (χ1v) is 20.5. The second kappa shape index (κ2) is 13.7. The number of likely N-dealkylation sites (tertiary alicyclic amines) is 1. The molecule has 0 unspecified atom stereocenters. The van der Waals surface area contributed by atoms with Gasteiger partial charge < -0.3 is 24.6 Å². The van der Waals surface area contributed by atoms with Crippen LogP contribution in [0.25, 0.3) is 10.9 Å². The zero-order valence-electron chi connectivity index (χ0n) is 26.5. The Morgan fingerprint density at radius 3 is 2.48 bits per heavy atom. The molecule has 1 fully saturated rings. The van der Waals surface area contributed by atoms with Gasteiger partial charge in [0.15, 0.2) is 9.84 Å². The lowest BCUT2D eigenvalue weighted by atomic mass is 10.0. The molecule has 2 aliphatic rings. The molecule has 3 heterocycles. The number of aliphatic imine (C=N–C) groups is 1.